The highest BCUT2D eigenvalue weighted by atomic mass is 16.7. The van der Waals surface area contributed by atoms with E-state index in [0.29, 0.717) is 37.7 Å². The number of fused-ring (bicyclic) bond motifs is 3. The molecular weight excluding hydrogens is 468 g/mol. The summed E-state index contributed by atoms with van der Waals surface area (Å²) in [5, 5.41) is 42.4. The summed E-state index contributed by atoms with van der Waals surface area (Å²) >= 11 is 0. The molecule has 1 aliphatic heterocycles. The standard InChI is InChI=1S/C27H30O9/c1-12-16(29)6-7-19(35-12)36-18-11-13(8-9-28)10-15-21(18)27(33)23-22(25(15)31)24(30)14-4-3-5-17(34-2)20(14)26(23)32/h3-5,12-13,16,18-19,28-29,31,33H,6-11H2,1-2H3/t12-,13?,16-,18-,19-/m0/s1. The Morgan fingerprint density at radius 2 is 1.81 bits per heavy atom. The second-order valence-electron chi connectivity index (χ2n) is 9.74. The molecule has 9 nitrogen and oxygen atoms in total. The molecule has 192 valence electrons. The van der Waals surface area contributed by atoms with Gasteiger partial charge in [0, 0.05) is 29.7 Å². The summed E-state index contributed by atoms with van der Waals surface area (Å²) in [6.07, 6.45) is -0.390. The van der Waals surface area contributed by atoms with Crippen LogP contribution in [-0.2, 0) is 15.9 Å². The number of hydrogen-bond donors (Lipinski definition) is 4. The summed E-state index contributed by atoms with van der Waals surface area (Å²) in [6, 6.07) is 4.64. The van der Waals surface area contributed by atoms with Crippen LogP contribution in [0.3, 0.4) is 0 Å². The minimum atomic E-state index is -0.754. The number of benzene rings is 2. The van der Waals surface area contributed by atoms with Crippen molar-refractivity contribution < 1.29 is 44.2 Å². The van der Waals surface area contributed by atoms with Gasteiger partial charge in [-0.2, -0.15) is 0 Å². The van der Waals surface area contributed by atoms with Crippen LogP contribution >= 0.6 is 0 Å². The second kappa shape index (κ2) is 9.48. The van der Waals surface area contributed by atoms with Crippen LogP contribution in [0.4, 0.5) is 0 Å². The maximum Gasteiger partial charge on any atom is 0.202 e. The Labute approximate surface area is 208 Å². The van der Waals surface area contributed by atoms with Gasteiger partial charge in [-0.15, -0.1) is 0 Å². The molecule has 4 N–H and O–H groups in total. The highest BCUT2D eigenvalue weighted by Gasteiger charge is 2.43. The average Bonchev–Trinajstić information content (AvgIpc) is 2.86. The fourth-order valence-corrected chi connectivity index (χ4v) is 5.71. The topological polar surface area (TPSA) is 143 Å². The van der Waals surface area contributed by atoms with Crippen molar-refractivity contribution in [2.24, 2.45) is 5.92 Å². The van der Waals surface area contributed by atoms with Gasteiger partial charge in [0.2, 0.25) is 5.78 Å². The molecule has 0 bridgehead atoms. The van der Waals surface area contributed by atoms with Gasteiger partial charge in [-0.05, 0) is 44.6 Å². The predicted molar refractivity (Wildman–Crippen MR) is 127 cm³/mol. The first kappa shape index (κ1) is 24.7. The van der Waals surface area contributed by atoms with Crippen LogP contribution < -0.4 is 4.74 Å². The van der Waals surface area contributed by atoms with E-state index in [-0.39, 0.29) is 51.8 Å². The number of ketones is 2. The number of rotatable bonds is 5. The molecule has 5 atom stereocenters. The number of carbonyl (C=O) groups excluding carboxylic acids is 2. The van der Waals surface area contributed by atoms with Crippen molar-refractivity contribution in [2.45, 2.75) is 63.6 Å². The monoisotopic (exact) mass is 498 g/mol. The maximum atomic E-state index is 13.6. The summed E-state index contributed by atoms with van der Waals surface area (Å²) < 4.78 is 17.4. The Morgan fingerprint density at radius 3 is 2.50 bits per heavy atom. The van der Waals surface area contributed by atoms with E-state index < -0.39 is 41.9 Å². The Kier molecular flexibility index (Phi) is 6.50. The van der Waals surface area contributed by atoms with E-state index in [1.54, 1.807) is 19.1 Å². The van der Waals surface area contributed by atoms with Gasteiger partial charge in [0.15, 0.2) is 12.1 Å². The molecule has 3 aliphatic rings. The molecule has 1 saturated heterocycles. The lowest BCUT2D eigenvalue weighted by molar-refractivity contribution is -0.239. The Balaban J connectivity index is 1.64. The normalized spacial score (nSPS) is 27.3. The maximum absolute atomic E-state index is 13.6. The molecule has 1 fully saturated rings. The van der Waals surface area contributed by atoms with Crippen molar-refractivity contribution in [3.05, 3.63) is 51.6 Å². The average molecular weight is 499 g/mol. The quantitative estimate of drug-likeness (QED) is 0.391. The first-order valence-corrected chi connectivity index (χ1v) is 12.2. The van der Waals surface area contributed by atoms with Gasteiger partial charge in [-0.25, -0.2) is 0 Å². The lowest BCUT2D eigenvalue weighted by Gasteiger charge is -2.38. The first-order valence-electron chi connectivity index (χ1n) is 12.2. The lowest BCUT2D eigenvalue weighted by atomic mass is 9.74. The number of aromatic hydroxyl groups is 2. The molecular formula is C27H30O9. The molecule has 0 spiro atoms. The number of carbonyl (C=O) groups is 2. The fraction of sp³-hybridized carbons (Fsp3) is 0.481. The molecule has 2 aromatic rings. The molecule has 0 aromatic heterocycles. The summed E-state index contributed by atoms with van der Waals surface area (Å²) in [7, 11) is 1.39. The van der Waals surface area contributed by atoms with Gasteiger partial charge in [0.25, 0.3) is 0 Å². The number of aliphatic hydroxyl groups is 2. The SMILES string of the molecule is COc1cccc2c1C(=O)c1c(O)c3c(c(O)c1C2=O)CC(CCO)C[C@@H]3O[C@H]1CC[C@H](O)[C@H](C)O1. The van der Waals surface area contributed by atoms with Gasteiger partial charge in [0.1, 0.15) is 17.2 Å². The van der Waals surface area contributed by atoms with Crippen LogP contribution in [-0.4, -0.2) is 64.2 Å². The van der Waals surface area contributed by atoms with Crippen LogP contribution in [0.2, 0.25) is 0 Å². The van der Waals surface area contributed by atoms with E-state index in [4.69, 9.17) is 14.2 Å². The van der Waals surface area contributed by atoms with E-state index in [9.17, 15) is 30.0 Å². The second-order valence-corrected chi connectivity index (χ2v) is 9.74. The fourth-order valence-electron chi connectivity index (χ4n) is 5.71. The molecule has 5 rings (SSSR count). The van der Waals surface area contributed by atoms with E-state index in [1.807, 2.05) is 0 Å². The highest BCUT2D eigenvalue weighted by Crippen LogP contribution is 2.52. The summed E-state index contributed by atoms with van der Waals surface area (Å²) in [5.74, 6) is -1.83. The van der Waals surface area contributed by atoms with Crippen LogP contribution in [0.1, 0.15) is 81.7 Å². The Bertz CT molecular complexity index is 1220. The van der Waals surface area contributed by atoms with Crippen LogP contribution in [0.15, 0.2) is 18.2 Å². The van der Waals surface area contributed by atoms with Crippen LogP contribution in [0, 0.1) is 5.92 Å². The van der Waals surface area contributed by atoms with Crippen molar-refractivity contribution in [2.75, 3.05) is 13.7 Å². The molecule has 2 aliphatic carbocycles. The van der Waals surface area contributed by atoms with Crippen molar-refractivity contribution in [1.82, 2.24) is 0 Å². The van der Waals surface area contributed by atoms with Gasteiger partial charge in [0.05, 0.1) is 42.1 Å². The van der Waals surface area contributed by atoms with E-state index in [2.05, 4.69) is 0 Å². The third-order valence-electron chi connectivity index (χ3n) is 7.58. The van der Waals surface area contributed by atoms with E-state index in [1.165, 1.54) is 13.2 Å². The molecule has 0 saturated carbocycles. The third-order valence-corrected chi connectivity index (χ3v) is 7.58. The Morgan fingerprint density at radius 1 is 1.06 bits per heavy atom. The zero-order valence-electron chi connectivity index (χ0n) is 20.2. The summed E-state index contributed by atoms with van der Waals surface area (Å²) in [4.78, 5) is 27.1. The predicted octanol–water partition coefficient (Wildman–Crippen LogP) is 2.77. The minimum Gasteiger partial charge on any atom is -0.507 e. The first-order chi connectivity index (χ1) is 17.3. The van der Waals surface area contributed by atoms with Crippen molar-refractivity contribution in [1.29, 1.82) is 0 Å². The Hall–Kier alpha value is -2.98. The van der Waals surface area contributed by atoms with Crippen molar-refractivity contribution in [3.63, 3.8) is 0 Å². The van der Waals surface area contributed by atoms with Gasteiger partial charge >= 0.3 is 0 Å². The van der Waals surface area contributed by atoms with Gasteiger partial charge < -0.3 is 34.6 Å². The molecule has 1 heterocycles. The zero-order chi connectivity index (χ0) is 25.7. The van der Waals surface area contributed by atoms with Gasteiger partial charge in [-0.1, -0.05) is 12.1 Å². The number of phenolic OH excluding ortho intramolecular Hbond substituents is 2. The smallest absolute Gasteiger partial charge is 0.202 e. The molecule has 36 heavy (non-hydrogen) atoms. The number of hydrogen-bond acceptors (Lipinski definition) is 9. The third kappa shape index (κ3) is 3.87. The molecule has 0 radical (unpaired) electrons. The van der Waals surface area contributed by atoms with Crippen molar-refractivity contribution in [3.8, 4) is 17.2 Å². The number of methoxy groups -OCH3 is 1. The van der Waals surface area contributed by atoms with E-state index in [0.717, 1.165) is 0 Å². The van der Waals surface area contributed by atoms with Crippen LogP contribution in [0.25, 0.3) is 0 Å². The zero-order valence-corrected chi connectivity index (χ0v) is 20.2. The molecule has 0 amide bonds. The number of phenols is 2. The highest BCUT2D eigenvalue weighted by molar-refractivity contribution is 6.31. The molecule has 1 unspecified atom stereocenters. The molecule has 2 aromatic carbocycles. The number of aliphatic hydroxyl groups excluding tert-OH is 2. The minimum absolute atomic E-state index is 0.0389. The largest absolute Gasteiger partial charge is 0.507 e. The molecule has 9 heteroatoms. The lowest BCUT2D eigenvalue weighted by Crippen LogP contribution is -2.39. The van der Waals surface area contributed by atoms with Crippen LogP contribution in [0.5, 0.6) is 17.2 Å². The van der Waals surface area contributed by atoms with Crippen molar-refractivity contribution >= 4 is 11.6 Å². The number of ether oxygens (including phenoxy) is 3. The summed E-state index contributed by atoms with van der Waals surface area (Å²) in [5.41, 5.74) is 0.221. The van der Waals surface area contributed by atoms with E-state index >= 15 is 0 Å². The van der Waals surface area contributed by atoms with Gasteiger partial charge in [-0.3, -0.25) is 9.59 Å². The summed E-state index contributed by atoms with van der Waals surface area (Å²) in [6.45, 7) is 1.68.